The molecule has 1 aromatic rings. The maximum absolute atomic E-state index is 11.6. The van der Waals surface area contributed by atoms with Crippen molar-refractivity contribution in [1.82, 2.24) is 10.2 Å². The number of rotatable bonds is 3. The van der Waals surface area contributed by atoms with Gasteiger partial charge in [0.05, 0.1) is 13.8 Å². The number of hydrogen-bond acceptors (Lipinski definition) is 3. The molecule has 0 unspecified atom stereocenters. The lowest BCUT2D eigenvalue weighted by atomic mass is 10.2. The molecule has 2 rings (SSSR count). The van der Waals surface area contributed by atoms with Crippen molar-refractivity contribution >= 4 is 5.91 Å². The second kappa shape index (κ2) is 4.99. The summed E-state index contributed by atoms with van der Waals surface area (Å²) in [4.78, 5) is 13.4. The van der Waals surface area contributed by atoms with Gasteiger partial charge in [-0.25, -0.2) is 0 Å². The van der Waals surface area contributed by atoms with Gasteiger partial charge in [-0.3, -0.25) is 10.1 Å². The van der Waals surface area contributed by atoms with E-state index in [-0.39, 0.29) is 5.91 Å². The van der Waals surface area contributed by atoms with Crippen LogP contribution in [-0.2, 0) is 11.3 Å². The van der Waals surface area contributed by atoms with Crippen LogP contribution in [0.4, 0.5) is 0 Å². The third-order valence-electron chi connectivity index (χ3n) is 2.70. The summed E-state index contributed by atoms with van der Waals surface area (Å²) in [5.74, 6) is 1.06. The van der Waals surface area contributed by atoms with Crippen LogP contribution in [0.25, 0.3) is 0 Å². The quantitative estimate of drug-likeness (QED) is 0.825. The zero-order valence-corrected chi connectivity index (χ0v) is 9.40. The van der Waals surface area contributed by atoms with E-state index in [4.69, 9.17) is 4.74 Å². The first-order valence-corrected chi connectivity index (χ1v) is 5.41. The summed E-state index contributed by atoms with van der Waals surface area (Å²) < 4.78 is 5.09. The van der Waals surface area contributed by atoms with Gasteiger partial charge in [0.1, 0.15) is 5.75 Å². The van der Waals surface area contributed by atoms with E-state index in [0.29, 0.717) is 19.6 Å². The Bertz CT molecular complexity index is 362. The maximum Gasteiger partial charge on any atom is 0.225 e. The molecule has 1 fully saturated rings. The highest BCUT2D eigenvalue weighted by Gasteiger charge is 2.17. The zero-order chi connectivity index (χ0) is 11.4. The van der Waals surface area contributed by atoms with Crippen LogP contribution in [0.3, 0.4) is 0 Å². The standard InChI is InChI=1S/C12H16N2O2/c1-16-11-4-2-10(3-5-11)8-14-9-13-7-6-12(14)15/h2-5,13H,6-9H2,1H3. The Morgan fingerprint density at radius 3 is 2.75 bits per heavy atom. The van der Waals surface area contributed by atoms with Gasteiger partial charge in [-0.15, -0.1) is 0 Å². The van der Waals surface area contributed by atoms with Crippen molar-refractivity contribution in [2.75, 3.05) is 20.3 Å². The molecule has 1 aliphatic rings. The first-order valence-electron chi connectivity index (χ1n) is 5.41. The Morgan fingerprint density at radius 1 is 1.38 bits per heavy atom. The molecule has 86 valence electrons. The lowest BCUT2D eigenvalue weighted by molar-refractivity contribution is -0.134. The summed E-state index contributed by atoms with van der Waals surface area (Å²) in [6, 6.07) is 7.80. The van der Waals surface area contributed by atoms with E-state index in [9.17, 15) is 4.79 Å². The third-order valence-corrected chi connectivity index (χ3v) is 2.70. The first-order chi connectivity index (χ1) is 7.79. The Labute approximate surface area is 95.2 Å². The fraction of sp³-hybridized carbons (Fsp3) is 0.417. The van der Waals surface area contributed by atoms with Crippen molar-refractivity contribution in [2.45, 2.75) is 13.0 Å². The van der Waals surface area contributed by atoms with Crippen molar-refractivity contribution < 1.29 is 9.53 Å². The zero-order valence-electron chi connectivity index (χ0n) is 9.40. The number of benzene rings is 1. The molecule has 0 spiro atoms. The summed E-state index contributed by atoms with van der Waals surface area (Å²) >= 11 is 0. The summed E-state index contributed by atoms with van der Waals surface area (Å²) in [5, 5.41) is 3.19. The Kier molecular flexibility index (Phi) is 3.41. The summed E-state index contributed by atoms with van der Waals surface area (Å²) in [6.07, 6.45) is 0.593. The first kappa shape index (κ1) is 11.0. The molecule has 0 saturated carbocycles. The molecule has 1 aliphatic heterocycles. The van der Waals surface area contributed by atoms with Gasteiger partial charge >= 0.3 is 0 Å². The highest BCUT2D eigenvalue weighted by atomic mass is 16.5. The fourth-order valence-electron chi connectivity index (χ4n) is 1.75. The predicted molar refractivity (Wildman–Crippen MR) is 61.0 cm³/mol. The molecule has 0 bridgehead atoms. The molecule has 1 N–H and O–H groups in total. The Hall–Kier alpha value is -1.55. The van der Waals surface area contributed by atoms with E-state index in [1.165, 1.54) is 0 Å². The fourth-order valence-corrected chi connectivity index (χ4v) is 1.75. The van der Waals surface area contributed by atoms with Crippen molar-refractivity contribution in [2.24, 2.45) is 0 Å². The molecule has 1 saturated heterocycles. The van der Waals surface area contributed by atoms with Gasteiger partial charge in [0.15, 0.2) is 0 Å². The molecule has 0 atom stereocenters. The second-order valence-electron chi connectivity index (χ2n) is 3.85. The van der Waals surface area contributed by atoms with Crippen LogP contribution in [0.2, 0.25) is 0 Å². The largest absolute Gasteiger partial charge is 0.497 e. The van der Waals surface area contributed by atoms with Gasteiger partial charge in [0.25, 0.3) is 0 Å². The lowest BCUT2D eigenvalue weighted by Crippen LogP contribution is -2.44. The molecule has 1 aromatic carbocycles. The van der Waals surface area contributed by atoms with Crippen LogP contribution in [0.15, 0.2) is 24.3 Å². The predicted octanol–water partition coefficient (Wildman–Crippen LogP) is 0.975. The topological polar surface area (TPSA) is 41.6 Å². The number of nitrogens with one attached hydrogen (secondary N) is 1. The van der Waals surface area contributed by atoms with E-state index in [0.717, 1.165) is 17.9 Å². The average molecular weight is 220 g/mol. The summed E-state index contributed by atoms with van der Waals surface area (Å²) in [5.41, 5.74) is 1.12. The normalized spacial score (nSPS) is 16.3. The minimum absolute atomic E-state index is 0.217. The Morgan fingerprint density at radius 2 is 2.12 bits per heavy atom. The summed E-state index contributed by atoms with van der Waals surface area (Å²) in [7, 11) is 1.65. The molecular formula is C12H16N2O2. The third kappa shape index (κ3) is 2.52. The van der Waals surface area contributed by atoms with Crippen LogP contribution >= 0.6 is 0 Å². The van der Waals surface area contributed by atoms with Gasteiger partial charge in [-0.1, -0.05) is 12.1 Å². The lowest BCUT2D eigenvalue weighted by Gasteiger charge is -2.27. The molecule has 16 heavy (non-hydrogen) atoms. The van der Waals surface area contributed by atoms with Crippen molar-refractivity contribution in [3.63, 3.8) is 0 Å². The van der Waals surface area contributed by atoms with Crippen LogP contribution in [-0.4, -0.2) is 31.1 Å². The van der Waals surface area contributed by atoms with Crippen molar-refractivity contribution in [3.8, 4) is 5.75 Å². The highest BCUT2D eigenvalue weighted by molar-refractivity contribution is 5.77. The number of methoxy groups -OCH3 is 1. The molecule has 0 aromatic heterocycles. The molecule has 4 nitrogen and oxygen atoms in total. The van der Waals surface area contributed by atoms with E-state index >= 15 is 0 Å². The minimum Gasteiger partial charge on any atom is -0.497 e. The smallest absolute Gasteiger partial charge is 0.225 e. The number of carbonyl (C=O) groups excluding carboxylic acids is 1. The number of amides is 1. The van der Waals surface area contributed by atoms with Crippen LogP contribution in [0.5, 0.6) is 5.75 Å². The molecule has 1 amide bonds. The maximum atomic E-state index is 11.6. The molecular weight excluding hydrogens is 204 g/mol. The van der Waals surface area contributed by atoms with Crippen LogP contribution < -0.4 is 10.1 Å². The van der Waals surface area contributed by atoms with E-state index in [1.54, 1.807) is 7.11 Å². The van der Waals surface area contributed by atoms with Gasteiger partial charge in [0.2, 0.25) is 5.91 Å². The van der Waals surface area contributed by atoms with Gasteiger partial charge in [-0.05, 0) is 17.7 Å². The highest BCUT2D eigenvalue weighted by Crippen LogP contribution is 2.13. The van der Waals surface area contributed by atoms with Crippen LogP contribution in [0.1, 0.15) is 12.0 Å². The molecule has 1 heterocycles. The molecule has 0 aliphatic carbocycles. The van der Waals surface area contributed by atoms with Gasteiger partial charge in [-0.2, -0.15) is 0 Å². The number of nitrogens with zero attached hydrogens (tertiary/aromatic N) is 1. The monoisotopic (exact) mass is 220 g/mol. The second-order valence-corrected chi connectivity index (χ2v) is 3.85. The molecule has 0 radical (unpaired) electrons. The van der Waals surface area contributed by atoms with Crippen LogP contribution in [0, 0.1) is 0 Å². The van der Waals surface area contributed by atoms with Gasteiger partial charge < -0.3 is 9.64 Å². The average Bonchev–Trinajstić information content (AvgIpc) is 2.33. The SMILES string of the molecule is COc1ccc(CN2CNCCC2=O)cc1. The minimum atomic E-state index is 0.217. The van der Waals surface area contributed by atoms with E-state index < -0.39 is 0 Å². The summed E-state index contributed by atoms with van der Waals surface area (Å²) in [6.45, 7) is 2.10. The number of ether oxygens (including phenoxy) is 1. The van der Waals surface area contributed by atoms with E-state index in [1.807, 2.05) is 29.2 Å². The number of carbonyl (C=O) groups is 1. The van der Waals surface area contributed by atoms with Gasteiger partial charge in [0, 0.05) is 19.5 Å². The number of hydrogen-bond donors (Lipinski definition) is 1. The van der Waals surface area contributed by atoms with Crippen molar-refractivity contribution in [1.29, 1.82) is 0 Å². The Balaban J connectivity index is 1.99. The molecule has 4 heteroatoms. The van der Waals surface area contributed by atoms with E-state index in [2.05, 4.69) is 5.32 Å². The van der Waals surface area contributed by atoms with Crippen molar-refractivity contribution in [3.05, 3.63) is 29.8 Å².